The van der Waals surface area contributed by atoms with Crippen molar-refractivity contribution in [3.05, 3.63) is 52.8 Å². The van der Waals surface area contributed by atoms with Crippen molar-refractivity contribution in [2.75, 3.05) is 12.3 Å². The van der Waals surface area contributed by atoms with Gasteiger partial charge < -0.3 is 5.32 Å². The third kappa shape index (κ3) is 4.20. The van der Waals surface area contributed by atoms with E-state index in [0.717, 1.165) is 37.3 Å². The highest BCUT2D eigenvalue weighted by molar-refractivity contribution is 7.98. The van der Waals surface area contributed by atoms with Gasteiger partial charge in [-0.1, -0.05) is 29.8 Å². The molecule has 1 heterocycles. The Morgan fingerprint density at radius 2 is 2.17 bits per heavy atom. The minimum Gasteiger partial charge on any atom is -0.355 e. The van der Waals surface area contributed by atoms with Crippen LogP contribution in [0.4, 0.5) is 0 Å². The van der Waals surface area contributed by atoms with Gasteiger partial charge in [-0.15, -0.1) is 0 Å². The highest BCUT2D eigenvalue weighted by Crippen LogP contribution is 2.25. The first-order chi connectivity index (χ1) is 11.6. The number of aryl methyl sites for hydroxylation is 3. The monoisotopic (exact) mass is 343 g/mol. The largest absolute Gasteiger partial charge is 0.355 e. The van der Waals surface area contributed by atoms with Crippen LogP contribution < -0.4 is 5.32 Å². The summed E-state index contributed by atoms with van der Waals surface area (Å²) in [5.41, 5.74) is 5.15. The molecule has 1 N–H and O–H groups in total. The van der Waals surface area contributed by atoms with Gasteiger partial charge in [0.25, 0.3) is 0 Å². The van der Waals surface area contributed by atoms with Crippen LogP contribution in [0.5, 0.6) is 0 Å². The number of aromatic nitrogens is 2. The molecular formula is C19H25N3OS. The number of hydrogen-bond donors (Lipinski definition) is 1. The molecule has 24 heavy (non-hydrogen) atoms. The summed E-state index contributed by atoms with van der Waals surface area (Å²) >= 11 is 1.86. The van der Waals surface area contributed by atoms with Gasteiger partial charge in [-0.3, -0.25) is 9.48 Å². The van der Waals surface area contributed by atoms with Crippen molar-refractivity contribution in [2.45, 2.75) is 31.9 Å². The van der Waals surface area contributed by atoms with Crippen LogP contribution in [0.15, 0.2) is 30.5 Å². The molecule has 0 radical (unpaired) electrons. The predicted molar refractivity (Wildman–Crippen MR) is 99.1 cm³/mol. The quantitative estimate of drug-likeness (QED) is 0.821. The van der Waals surface area contributed by atoms with E-state index >= 15 is 0 Å². The van der Waals surface area contributed by atoms with Crippen LogP contribution in [0, 0.1) is 12.8 Å². The van der Waals surface area contributed by atoms with Crippen molar-refractivity contribution >= 4 is 17.7 Å². The topological polar surface area (TPSA) is 46.9 Å². The predicted octanol–water partition coefficient (Wildman–Crippen LogP) is 2.88. The van der Waals surface area contributed by atoms with Crippen molar-refractivity contribution in [1.82, 2.24) is 15.1 Å². The zero-order valence-corrected chi connectivity index (χ0v) is 15.2. The van der Waals surface area contributed by atoms with Crippen LogP contribution in [0.3, 0.4) is 0 Å². The average Bonchev–Trinajstić information content (AvgIpc) is 2.97. The number of carbonyl (C=O) groups excluding carboxylic acids is 1. The average molecular weight is 343 g/mol. The molecular weight excluding hydrogens is 318 g/mol. The maximum atomic E-state index is 12.4. The van der Waals surface area contributed by atoms with Crippen LogP contribution >= 0.6 is 11.8 Å². The van der Waals surface area contributed by atoms with Gasteiger partial charge in [0, 0.05) is 43.1 Å². The lowest BCUT2D eigenvalue weighted by molar-refractivity contribution is -0.125. The van der Waals surface area contributed by atoms with Crippen LogP contribution in [-0.4, -0.2) is 28.0 Å². The molecule has 1 aliphatic rings. The Hall–Kier alpha value is -1.75. The molecule has 0 bridgehead atoms. The molecule has 0 saturated carbocycles. The first kappa shape index (κ1) is 17.1. The van der Waals surface area contributed by atoms with Crippen LogP contribution in [0.25, 0.3) is 0 Å². The van der Waals surface area contributed by atoms with Crippen molar-refractivity contribution in [3.63, 3.8) is 0 Å². The molecule has 1 aromatic heterocycles. The van der Waals surface area contributed by atoms with Crippen molar-refractivity contribution in [1.29, 1.82) is 0 Å². The fourth-order valence-corrected chi connectivity index (χ4v) is 3.95. The summed E-state index contributed by atoms with van der Waals surface area (Å²) in [5, 5.41) is 7.40. The normalized spacial score (nSPS) is 16.7. The fraction of sp³-hybridized carbons (Fsp3) is 0.474. The number of fused-ring (bicyclic) bond motifs is 1. The Morgan fingerprint density at radius 3 is 2.96 bits per heavy atom. The molecule has 2 aromatic rings. The third-order valence-corrected chi connectivity index (χ3v) is 5.69. The standard InChI is InChI=1S/C19H25N3OS/c1-14-3-5-15(6-4-14)13-24-10-9-20-19(23)16-7-8-17-12-21-22(2)18(17)11-16/h3-6,12,16H,7-11,13H2,1-2H3,(H,20,23)/t16-/m0/s1. The number of rotatable bonds is 6. The molecule has 1 aliphatic carbocycles. The molecule has 0 fully saturated rings. The highest BCUT2D eigenvalue weighted by atomic mass is 32.2. The van der Waals surface area contributed by atoms with E-state index in [4.69, 9.17) is 0 Å². The Kier molecular flexibility index (Phi) is 5.61. The molecule has 1 amide bonds. The van der Waals surface area contributed by atoms with Gasteiger partial charge in [-0.2, -0.15) is 16.9 Å². The minimum atomic E-state index is 0.0926. The maximum Gasteiger partial charge on any atom is 0.223 e. The second-order valence-electron chi connectivity index (χ2n) is 6.51. The lowest BCUT2D eigenvalue weighted by Crippen LogP contribution is -2.35. The van der Waals surface area contributed by atoms with Crippen molar-refractivity contribution < 1.29 is 4.79 Å². The summed E-state index contributed by atoms with van der Waals surface area (Å²) in [7, 11) is 1.96. The molecule has 0 aliphatic heterocycles. The molecule has 0 unspecified atom stereocenters. The van der Waals surface area contributed by atoms with E-state index in [0.29, 0.717) is 0 Å². The van der Waals surface area contributed by atoms with E-state index in [2.05, 4.69) is 41.6 Å². The number of benzene rings is 1. The fourth-order valence-electron chi connectivity index (χ4n) is 3.13. The summed E-state index contributed by atoms with van der Waals surface area (Å²) in [6.45, 7) is 2.84. The molecule has 0 spiro atoms. The number of carbonyl (C=O) groups is 1. The lowest BCUT2D eigenvalue weighted by atomic mass is 9.87. The summed E-state index contributed by atoms with van der Waals surface area (Å²) in [5.74, 6) is 2.23. The number of nitrogens with one attached hydrogen (secondary N) is 1. The number of hydrogen-bond acceptors (Lipinski definition) is 3. The molecule has 4 nitrogen and oxygen atoms in total. The molecule has 128 valence electrons. The molecule has 0 saturated heterocycles. The molecule has 1 aromatic carbocycles. The SMILES string of the molecule is Cc1ccc(CSCCNC(=O)[C@H]2CCc3cnn(C)c3C2)cc1. The summed E-state index contributed by atoms with van der Waals surface area (Å²) < 4.78 is 1.91. The number of amides is 1. The van der Waals surface area contributed by atoms with E-state index < -0.39 is 0 Å². The van der Waals surface area contributed by atoms with E-state index in [9.17, 15) is 4.79 Å². The van der Waals surface area contributed by atoms with Gasteiger partial charge in [0.2, 0.25) is 5.91 Å². The third-order valence-electron chi connectivity index (χ3n) is 4.66. The van der Waals surface area contributed by atoms with E-state index in [1.54, 1.807) is 0 Å². The van der Waals surface area contributed by atoms with E-state index in [-0.39, 0.29) is 11.8 Å². The van der Waals surface area contributed by atoms with Gasteiger partial charge in [-0.25, -0.2) is 0 Å². The van der Waals surface area contributed by atoms with Crippen molar-refractivity contribution in [3.8, 4) is 0 Å². The molecule has 1 atom stereocenters. The van der Waals surface area contributed by atoms with Crippen LogP contribution in [-0.2, 0) is 30.4 Å². The minimum absolute atomic E-state index is 0.0926. The summed E-state index contributed by atoms with van der Waals surface area (Å²) in [4.78, 5) is 12.4. The van der Waals surface area contributed by atoms with Gasteiger partial charge in [0.05, 0.1) is 6.20 Å². The molecule has 5 heteroatoms. The highest BCUT2D eigenvalue weighted by Gasteiger charge is 2.26. The maximum absolute atomic E-state index is 12.4. The zero-order chi connectivity index (χ0) is 16.9. The number of thioether (sulfide) groups is 1. The first-order valence-corrected chi connectivity index (χ1v) is 9.69. The second-order valence-corrected chi connectivity index (χ2v) is 7.61. The van der Waals surface area contributed by atoms with E-state index in [1.807, 2.05) is 29.7 Å². The summed E-state index contributed by atoms with van der Waals surface area (Å²) in [6.07, 6.45) is 4.64. The first-order valence-electron chi connectivity index (χ1n) is 8.54. The Balaban J connectivity index is 1.37. The summed E-state index contributed by atoms with van der Waals surface area (Å²) in [6, 6.07) is 8.64. The Labute approximate surface area is 148 Å². The Morgan fingerprint density at radius 1 is 1.38 bits per heavy atom. The zero-order valence-electron chi connectivity index (χ0n) is 14.4. The smallest absolute Gasteiger partial charge is 0.223 e. The Bertz CT molecular complexity index is 693. The molecule has 3 rings (SSSR count). The van der Waals surface area contributed by atoms with E-state index in [1.165, 1.54) is 22.4 Å². The van der Waals surface area contributed by atoms with Gasteiger partial charge in [0.1, 0.15) is 0 Å². The van der Waals surface area contributed by atoms with Crippen LogP contribution in [0.2, 0.25) is 0 Å². The van der Waals surface area contributed by atoms with Crippen LogP contribution in [0.1, 0.15) is 28.8 Å². The second kappa shape index (κ2) is 7.88. The van der Waals surface area contributed by atoms with Crippen molar-refractivity contribution in [2.24, 2.45) is 13.0 Å². The van der Waals surface area contributed by atoms with Gasteiger partial charge in [0.15, 0.2) is 0 Å². The lowest BCUT2D eigenvalue weighted by Gasteiger charge is -2.22. The number of nitrogens with zero attached hydrogens (tertiary/aromatic N) is 2. The van der Waals surface area contributed by atoms with Gasteiger partial charge >= 0.3 is 0 Å². The van der Waals surface area contributed by atoms with Gasteiger partial charge in [-0.05, 0) is 30.9 Å².